The smallest absolute Gasteiger partial charge is 0.244 e. The molecule has 2 aliphatic rings. The minimum absolute atomic E-state index is 0.00541. The Labute approximate surface area is 152 Å². The lowest BCUT2D eigenvalue weighted by Crippen LogP contribution is -2.48. The quantitative estimate of drug-likeness (QED) is 0.921. The maximum absolute atomic E-state index is 13.5. The van der Waals surface area contributed by atoms with Crippen molar-refractivity contribution in [2.45, 2.75) is 25.3 Å². The molecule has 0 saturated carbocycles. The van der Waals surface area contributed by atoms with E-state index in [-0.39, 0.29) is 17.6 Å². The Morgan fingerprint density at radius 3 is 2.69 bits per heavy atom. The SMILES string of the molecule is NC(C(=O)N1CCc2cc(-c3cccc(F)c3)ccc21)C1CCOCC1. The van der Waals surface area contributed by atoms with Gasteiger partial charge in [0.1, 0.15) is 5.82 Å². The monoisotopic (exact) mass is 354 g/mol. The Kier molecular flexibility index (Phi) is 4.74. The Morgan fingerprint density at radius 1 is 1.15 bits per heavy atom. The Hall–Kier alpha value is -2.24. The van der Waals surface area contributed by atoms with Crippen molar-refractivity contribution in [3.05, 3.63) is 53.8 Å². The Bertz CT molecular complexity index is 817. The van der Waals surface area contributed by atoms with Gasteiger partial charge in [-0.3, -0.25) is 4.79 Å². The zero-order valence-corrected chi connectivity index (χ0v) is 14.7. The molecule has 2 heterocycles. The highest BCUT2D eigenvalue weighted by atomic mass is 19.1. The van der Waals surface area contributed by atoms with E-state index < -0.39 is 6.04 Å². The molecule has 5 heteroatoms. The van der Waals surface area contributed by atoms with Gasteiger partial charge < -0.3 is 15.4 Å². The lowest BCUT2D eigenvalue weighted by molar-refractivity contribution is -0.121. The maximum Gasteiger partial charge on any atom is 0.244 e. The van der Waals surface area contributed by atoms with Gasteiger partial charge in [0.15, 0.2) is 0 Å². The standard InChI is InChI=1S/C21H23FN2O2/c22-18-3-1-2-15(13-18)16-4-5-19-17(12-16)6-9-24(19)21(25)20(23)14-7-10-26-11-8-14/h1-5,12-14,20H,6-11,23H2. The van der Waals surface area contributed by atoms with Crippen LogP contribution in [-0.4, -0.2) is 31.7 Å². The average molecular weight is 354 g/mol. The summed E-state index contributed by atoms with van der Waals surface area (Å²) in [6.45, 7) is 2.01. The van der Waals surface area contributed by atoms with Gasteiger partial charge in [-0.15, -0.1) is 0 Å². The summed E-state index contributed by atoms with van der Waals surface area (Å²) in [5.74, 6) is -0.0664. The molecule has 4 rings (SSSR count). The van der Waals surface area contributed by atoms with Crippen molar-refractivity contribution in [1.82, 2.24) is 0 Å². The molecule has 1 saturated heterocycles. The molecule has 0 spiro atoms. The molecule has 2 N–H and O–H groups in total. The molecule has 2 aliphatic heterocycles. The lowest BCUT2D eigenvalue weighted by atomic mass is 9.91. The fraction of sp³-hybridized carbons (Fsp3) is 0.381. The summed E-state index contributed by atoms with van der Waals surface area (Å²) in [6, 6.07) is 12.0. The predicted molar refractivity (Wildman–Crippen MR) is 99.4 cm³/mol. The number of anilines is 1. The van der Waals surface area contributed by atoms with Crippen LogP contribution in [0.3, 0.4) is 0 Å². The molecule has 4 nitrogen and oxygen atoms in total. The summed E-state index contributed by atoms with van der Waals surface area (Å²) in [6.07, 6.45) is 2.48. The van der Waals surface area contributed by atoms with Gasteiger partial charge in [0.2, 0.25) is 5.91 Å². The molecule has 1 amide bonds. The topological polar surface area (TPSA) is 55.6 Å². The first-order valence-corrected chi connectivity index (χ1v) is 9.17. The van der Waals surface area contributed by atoms with Crippen molar-refractivity contribution in [3.8, 4) is 11.1 Å². The first kappa shape index (κ1) is 17.2. The molecule has 26 heavy (non-hydrogen) atoms. The molecule has 2 aromatic carbocycles. The van der Waals surface area contributed by atoms with E-state index in [9.17, 15) is 9.18 Å². The molecule has 1 atom stereocenters. The van der Waals surface area contributed by atoms with Gasteiger partial charge in [0.25, 0.3) is 0 Å². The Balaban J connectivity index is 1.55. The van der Waals surface area contributed by atoms with Crippen LogP contribution in [0.15, 0.2) is 42.5 Å². The van der Waals surface area contributed by atoms with Crippen LogP contribution in [-0.2, 0) is 16.0 Å². The molecule has 0 radical (unpaired) electrons. The molecule has 0 aliphatic carbocycles. The fourth-order valence-corrected chi connectivity index (χ4v) is 3.93. The van der Waals surface area contributed by atoms with Crippen molar-refractivity contribution in [2.75, 3.05) is 24.7 Å². The van der Waals surface area contributed by atoms with Crippen LogP contribution in [0.4, 0.5) is 10.1 Å². The molecular weight excluding hydrogens is 331 g/mol. The predicted octanol–water partition coefficient (Wildman–Crippen LogP) is 3.14. The number of carbonyl (C=O) groups excluding carboxylic acids is 1. The zero-order chi connectivity index (χ0) is 18.1. The number of amides is 1. The summed E-state index contributed by atoms with van der Waals surface area (Å²) in [4.78, 5) is 14.7. The number of hydrogen-bond acceptors (Lipinski definition) is 3. The number of fused-ring (bicyclic) bond motifs is 1. The number of hydrogen-bond donors (Lipinski definition) is 1. The number of carbonyl (C=O) groups is 1. The lowest BCUT2D eigenvalue weighted by Gasteiger charge is -2.30. The van der Waals surface area contributed by atoms with Crippen LogP contribution < -0.4 is 10.6 Å². The van der Waals surface area contributed by atoms with Gasteiger partial charge in [-0.05, 0) is 66.1 Å². The van der Waals surface area contributed by atoms with Crippen LogP contribution in [0.2, 0.25) is 0 Å². The van der Waals surface area contributed by atoms with Crippen LogP contribution in [0.25, 0.3) is 11.1 Å². The molecule has 2 aromatic rings. The normalized spacial score (nSPS) is 18.6. The number of nitrogens with two attached hydrogens (primary N) is 1. The van der Waals surface area contributed by atoms with E-state index in [0.717, 1.165) is 41.6 Å². The van der Waals surface area contributed by atoms with Crippen LogP contribution in [0.5, 0.6) is 0 Å². The number of ether oxygens (including phenoxy) is 1. The minimum Gasteiger partial charge on any atom is -0.381 e. The first-order chi connectivity index (χ1) is 12.6. The second kappa shape index (κ2) is 7.17. The molecule has 136 valence electrons. The van der Waals surface area contributed by atoms with Crippen molar-refractivity contribution in [2.24, 2.45) is 11.7 Å². The van der Waals surface area contributed by atoms with Crippen molar-refractivity contribution in [1.29, 1.82) is 0 Å². The summed E-state index contributed by atoms with van der Waals surface area (Å²) >= 11 is 0. The highest BCUT2D eigenvalue weighted by Gasteiger charge is 2.33. The third kappa shape index (κ3) is 3.24. The van der Waals surface area contributed by atoms with E-state index in [1.807, 2.05) is 23.1 Å². The highest BCUT2D eigenvalue weighted by Crippen LogP contribution is 2.33. The van der Waals surface area contributed by atoms with Gasteiger partial charge in [0.05, 0.1) is 6.04 Å². The summed E-state index contributed by atoms with van der Waals surface area (Å²) < 4.78 is 18.9. The summed E-state index contributed by atoms with van der Waals surface area (Å²) in [5.41, 5.74) is 10.1. The van der Waals surface area contributed by atoms with Crippen LogP contribution in [0.1, 0.15) is 18.4 Å². The molecular formula is C21H23FN2O2. The largest absolute Gasteiger partial charge is 0.381 e. The van der Waals surface area contributed by atoms with E-state index in [2.05, 4.69) is 6.07 Å². The zero-order valence-electron chi connectivity index (χ0n) is 14.7. The third-order valence-corrected chi connectivity index (χ3v) is 5.46. The summed E-state index contributed by atoms with van der Waals surface area (Å²) in [7, 11) is 0. The van der Waals surface area contributed by atoms with Crippen LogP contribution >= 0.6 is 0 Å². The van der Waals surface area contributed by atoms with Gasteiger partial charge in [-0.1, -0.05) is 18.2 Å². The van der Waals surface area contributed by atoms with Gasteiger partial charge in [-0.25, -0.2) is 4.39 Å². The molecule has 1 fully saturated rings. The molecule has 0 aromatic heterocycles. The van der Waals surface area contributed by atoms with Crippen molar-refractivity contribution in [3.63, 3.8) is 0 Å². The van der Waals surface area contributed by atoms with E-state index in [0.29, 0.717) is 19.8 Å². The number of halogens is 1. The second-order valence-corrected chi connectivity index (χ2v) is 7.07. The molecule has 0 bridgehead atoms. The third-order valence-electron chi connectivity index (χ3n) is 5.46. The van der Waals surface area contributed by atoms with Gasteiger partial charge in [-0.2, -0.15) is 0 Å². The van der Waals surface area contributed by atoms with Crippen molar-refractivity contribution >= 4 is 11.6 Å². The maximum atomic E-state index is 13.5. The minimum atomic E-state index is -0.479. The highest BCUT2D eigenvalue weighted by molar-refractivity contribution is 5.99. The Morgan fingerprint density at radius 2 is 1.92 bits per heavy atom. The van der Waals surface area contributed by atoms with Gasteiger partial charge >= 0.3 is 0 Å². The number of rotatable bonds is 3. The average Bonchev–Trinajstić information content (AvgIpc) is 3.10. The molecule has 1 unspecified atom stereocenters. The van der Waals surface area contributed by atoms with Crippen LogP contribution in [0, 0.1) is 11.7 Å². The first-order valence-electron chi connectivity index (χ1n) is 9.17. The van der Waals surface area contributed by atoms with Gasteiger partial charge in [0, 0.05) is 25.4 Å². The van der Waals surface area contributed by atoms with Crippen molar-refractivity contribution < 1.29 is 13.9 Å². The fourth-order valence-electron chi connectivity index (χ4n) is 3.93. The van der Waals surface area contributed by atoms with E-state index in [4.69, 9.17) is 10.5 Å². The number of nitrogens with zero attached hydrogens (tertiary/aromatic N) is 1. The number of benzene rings is 2. The van der Waals surface area contributed by atoms with E-state index in [1.165, 1.54) is 12.1 Å². The summed E-state index contributed by atoms with van der Waals surface area (Å²) in [5, 5.41) is 0. The van der Waals surface area contributed by atoms with E-state index >= 15 is 0 Å². The second-order valence-electron chi connectivity index (χ2n) is 7.07. The van der Waals surface area contributed by atoms with E-state index in [1.54, 1.807) is 6.07 Å².